The summed E-state index contributed by atoms with van der Waals surface area (Å²) in [7, 11) is 1.44. The van der Waals surface area contributed by atoms with Crippen molar-refractivity contribution < 1.29 is 14.3 Å². The van der Waals surface area contributed by atoms with Crippen molar-refractivity contribution in [3.05, 3.63) is 0 Å². The molecule has 2 heterocycles. The lowest BCUT2D eigenvalue weighted by Gasteiger charge is -2.15. The van der Waals surface area contributed by atoms with Crippen LogP contribution in [0.1, 0.15) is 19.3 Å². The molecule has 1 saturated heterocycles. The molecule has 8 nitrogen and oxygen atoms in total. The Labute approximate surface area is 115 Å². The highest BCUT2D eigenvalue weighted by atomic mass is 16.5. The van der Waals surface area contributed by atoms with Gasteiger partial charge in [0.25, 0.3) is 0 Å². The molecule has 8 heteroatoms. The summed E-state index contributed by atoms with van der Waals surface area (Å²) in [6, 6.07) is 0.165. The number of hydrogen-bond donors (Lipinski definition) is 2. The monoisotopic (exact) mass is 279 g/mol. The molecule has 108 valence electrons. The van der Waals surface area contributed by atoms with Crippen molar-refractivity contribution in [3.8, 4) is 6.01 Å². The van der Waals surface area contributed by atoms with Crippen molar-refractivity contribution in [1.29, 1.82) is 0 Å². The Balaban J connectivity index is 1.55. The summed E-state index contributed by atoms with van der Waals surface area (Å²) < 4.78 is 4.82. The zero-order valence-corrected chi connectivity index (χ0v) is 11.3. The van der Waals surface area contributed by atoms with E-state index >= 15 is 0 Å². The standard InChI is InChI=1S/C12H17N5O3/c1-20-12-14-11(15-16-12)13-10(19)8-4-9(18)17(6-8)5-7-2-3-7/h7-8H,2-6H2,1H3,(H2,13,14,15,16,19). The van der Waals surface area contributed by atoms with Crippen LogP contribution in [0.15, 0.2) is 0 Å². The van der Waals surface area contributed by atoms with Gasteiger partial charge in [-0.2, -0.15) is 4.98 Å². The highest BCUT2D eigenvalue weighted by Gasteiger charge is 2.37. The van der Waals surface area contributed by atoms with Gasteiger partial charge in [-0.1, -0.05) is 0 Å². The predicted molar refractivity (Wildman–Crippen MR) is 69.0 cm³/mol. The third kappa shape index (κ3) is 2.73. The third-order valence-corrected chi connectivity index (χ3v) is 3.65. The maximum atomic E-state index is 12.1. The summed E-state index contributed by atoms with van der Waals surface area (Å²) in [6.45, 7) is 1.28. The van der Waals surface area contributed by atoms with E-state index in [4.69, 9.17) is 4.74 Å². The fourth-order valence-electron chi connectivity index (χ4n) is 2.35. The van der Waals surface area contributed by atoms with Gasteiger partial charge in [-0.25, -0.2) is 5.10 Å². The van der Waals surface area contributed by atoms with Crippen molar-refractivity contribution in [2.45, 2.75) is 19.3 Å². The molecule has 1 saturated carbocycles. The average Bonchev–Trinajstić information content (AvgIpc) is 3.00. The number of likely N-dealkylation sites (tertiary alicyclic amines) is 1. The van der Waals surface area contributed by atoms with Crippen LogP contribution in [0, 0.1) is 11.8 Å². The molecule has 0 radical (unpaired) electrons. The zero-order valence-electron chi connectivity index (χ0n) is 11.3. The van der Waals surface area contributed by atoms with Gasteiger partial charge in [0, 0.05) is 19.5 Å². The van der Waals surface area contributed by atoms with Gasteiger partial charge >= 0.3 is 6.01 Å². The molecule has 1 aromatic rings. The predicted octanol–water partition coefficient (Wildman–Crippen LogP) is 0.0103. The van der Waals surface area contributed by atoms with Gasteiger partial charge in [0.15, 0.2) is 0 Å². The Morgan fingerprint density at radius 2 is 2.35 bits per heavy atom. The van der Waals surface area contributed by atoms with E-state index in [1.807, 2.05) is 0 Å². The minimum atomic E-state index is -0.322. The number of aromatic nitrogens is 3. The number of aromatic amines is 1. The molecule has 1 aromatic heterocycles. The first-order valence-electron chi connectivity index (χ1n) is 6.70. The lowest BCUT2D eigenvalue weighted by molar-refractivity contribution is -0.128. The van der Waals surface area contributed by atoms with Gasteiger partial charge in [-0.15, -0.1) is 5.10 Å². The minimum Gasteiger partial charge on any atom is -0.466 e. The summed E-state index contributed by atoms with van der Waals surface area (Å²) in [5, 5.41) is 8.92. The van der Waals surface area contributed by atoms with Gasteiger partial charge in [-0.3, -0.25) is 14.9 Å². The molecule has 3 rings (SSSR count). The van der Waals surface area contributed by atoms with E-state index in [9.17, 15) is 9.59 Å². The lowest BCUT2D eigenvalue weighted by Crippen LogP contribution is -2.30. The van der Waals surface area contributed by atoms with Gasteiger partial charge in [-0.05, 0) is 18.8 Å². The molecule has 2 fully saturated rings. The van der Waals surface area contributed by atoms with E-state index in [0.717, 1.165) is 6.54 Å². The smallest absolute Gasteiger partial charge is 0.336 e. The maximum absolute atomic E-state index is 12.1. The zero-order chi connectivity index (χ0) is 14.1. The van der Waals surface area contributed by atoms with Crippen LogP contribution in [0.25, 0.3) is 0 Å². The molecule has 1 atom stereocenters. The van der Waals surface area contributed by atoms with E-state index in [0.29, 0.717) is 12.5 Å². The molecule has 20 heavy (non-hydrogen) atoms. The van der Waals surface area contributed by atoms with Gasteiger partial charge < -0.3 is 9.64 Å². The molecule has 0 bridgehead atoms. The number of rotatable bonds is 5. The quantitative estimate of drug-likeness (QED) is 0.791. The van der Waals surface area contributed by atoms with Crippen molar-refractivity contribution >= 4 is 17.8 Å². The molecule has 0 aromatic carbocycles. The number of ether oxygens (including phenoxy) is 1. The Bertz CT molecular complexity index is 525. The minimum absolute atomic E-state index is 0.0622. The number of hydrogen-bond acceptors (Lipinski definition) is 5. The first-order valence-corrected chi connectivity index (χ1v) is 6.70. The molecule has 2 amide bonds. The lowest BCUT2D eigenvalue weighted by atomic mass is 10.1. The Morgan fingerprint density at radius 1 is 1.55 bits per heavy atom. The molecule has 1 unspecified atom stereocenters. The molecule has 2 N–H and O–H groups in total. The van der Waals surface area contributed by atoms with Crippen LogP contribution in [-0.2, 0) is 9.59 Å². The highest BCUT2D eigenvalue weighted by Crippen LogP contribution is 2.32. The van der Waals surface area contributed by atoms with Gasteiger partial charge in [0.1, 0.15) is 0 Å². The summed E-state index contributed by atoms with van der Waals surface area (Å²) in [5.41, 5.74) is 0. The molecule has 1 aliphatic heterocycles. The Morgan fingerprint density at radius 3 is 3.00 bits per heavy atom. The largest absolute Gasteiger partial charge is 0.466 e. The number of amides is 2. The van der Waals surface area contributed by atoms with Gasteiger partial charge in [0.05, 0.1) is 13.0 Å². The van der Waals surface area contributed by atoms with E-state index in [1.54, 1.807) is 4.90 Å². The van der Waals surface area contributed by atoms with Crippen LogP contribution in [-0.4, -0.2) is 52.1 Å². The summed E-state index contributed by atoms with van der Waals surface area (Å²) in [5.74, 6) is 0.402. The maximum Gasteiger partial charge on any atom is 0.336 e. The van der Waals surface area contributed by atoms with Crippen molar-refractivity contribution in [1.82, 2.24) is 20.1 Å². The van der Waals surface area contributed by atoms with Crippen molar-refractivity contribution in [2.75, 3.05) is 25.5 Å². The normalized spacial score (nSPS) is 22.1. The topological polar surface area (TPSA) is 100 Å². The van der Waals surface area contributed by atoms with Crippen molar-refractivity contribution in [2.24, 2.45) is 11.8 Å². The molecular weight excluding hydrogens is 262 g/mol. The Hall–Kier alpha value is -2.12. The van der Waals surface area contributed by atoms with Crippen LogP contribution in [0.5, 0.6) is 6.01 Å². The average molecular weight is 279 g/mol. The number of anilines is 1. The fourth-order valence-corrected chi connectivity index (χ4v) is 2.35. The first kappa shape index (κ1) is 12.9. The molecule has 0 spiro atoms. The first-order chi connectivity index (χ1) is 9.65. The number of methoxy groups -OCH3 is 1. The van der Waals surface area contributed by atoms with E-state index in [1.165, 1.54) is 20.0 Å². The summed E-state index contributed by atoms with van der Waals surface area (Å²) in [4.78, 5) is 29.6. The number of nitrogens with one attached hydrogen (secondary N) is 2. The Kier molecular flexibility index (Phi) is 3.29. The highest BCUT2D eigenvalue weighted by molar-refractivity contribution is 5.96. The SMILES string of the molecule is COc1n[nH]c(NC(=O)C2CC(=O)N(CC3CC3)C2)n1. The number of carbonyl (C=O) groups excluding carboxylic acids is 2. The summed E-state index contributed by atoms with van der Waals surface area (Å²) in [6.07, 6.45) is 2.65. The van der Waals surface area contributed by atoms with Crippen LogP contribution >= 0.6 is 0 Å². The van der Waals surface area contributed by atoms with E-state index in [-0.39, 0.29) is 36.1 Å². The number of carbonyl (C=O) groups is 2. The third-order valence-electron chi connectivity index (χ3n) is 3.65. The molecular formula is C12H17N5O3. The number of nitrogens with zero attached hydrogens (tertiary/aromatic N) is 3. The van der Waals surface area contributed by atoms with Crippen LogP contribution < -0.4 is 10.1 Å². The molecule has 1 aliphatic carbocycles. The van der Waals surface area contributed by atoms with Crippen LogP contribution in [0.4, 0.5) is 5.95 Å². The van der Waals surface area contributed by atoms with Gasteiger partial charge in [0.2, 0.25) is 17.8 Å². The number of H-pyrrole nitrogens is 1. The van der Waals surface area contributed by atoms with E-state index in [2.05, 4.69) is 20.5 Å². The fraction of sp³-hybridized carbons (Fsp3) is 0.667. The van der Waals surface area contributed by atoms with Crippen LogP contribution in [0.2, 0.25) is 0 Å². The van der Waals surface area contributed by atoms with Crippen molar-refractivity contribution in [3.63, 3.8) is 0 Å². The second-order valence-electron chi connectivity index (χ2n) is 5.30. The summed E-state index contributed by atoms with van der Waals surface area (Å²) >= 11 is 0. The molecule has 2 aliphatic rings. The van der Waals surface area contributed by atoms with Crippen LogP contribution in [0.3, 0.4) is 0 Å². The second-order valence-corrected chi connectivity index (χ2v) is 5.30. The van der Waals surface area contributed by atoms with E-state index < -0.39 is 0 Å². The second kappa shape index (κ2) is 5.10.